The molecule has 0 fully saturated rings. The molecule has 1 atom stereocenters. The van der Waals surface area contributed by atoms with Gasteiger partial charge in [-0.15, -0.1) is 0 Å². The van der Waals surface area contributed by atoms with Crippen molar-refractivity contribution in [2.75, 3.05) is 0 Å². The molecule has 3 N–H and O–H groups in total. The average Bonchev–Trinajstić information content (AvgIpc) is 2.87. The van der Waals surface area contributed by atoms with Crippen molar-refractivity contribution in [2.24, 2.45) is 17.8 Å². The van der Waals surface area contributed by atoms with Gasteiger partial charge in [-0.3, -0.25) is 0 Å². The average molecular weight is 685 g/mol. The summed E-state index contributed by atoms with van der Waals surface area (Å²) in [5.74, 6) is -3.17. The Bertz CT molecular complexity index is 1010. The molecule has 0 aromatic heterocycles. The molecule has 0 rings (SSSR count). The van der Waals surface area contributed by atoms with E-state index in [1.807, 2.05) is 0 Å². The van der Waals surface area contributed by atoms with E-state index in [0.717, 1.165) is 25.0 Å². The van der Waals surface area contributed by atoms with Crippen LogP contribution in [0.1, 0.15) is 130 Å². The third-order valence-corrected chi connectivity index (χ3v) is 22.7. The maximum absolute atomic E-state index is 12.6. The summed E-state index contributed by atoms with van der Waals surface area (Å²) in [5, 5.41) is 29.4. The fourth-order valence-electron chi connectivity index (χ4n) is 8.07. The predicted octanol–water partition coefficient (Wildman–Crippen LogP) is 10.1. The zero-order chi connectivity index (χ0) is 36.9. The Morgan fingerprint density at radius 2 is 0.978 bits per heavy atom. The smallest absolute Gasteiger partial charge is 0.331 e. The Balaban J connectivity index is 0. The highest BCUT2D eigenvalue weighted by Crippen LogP contribution is 2.49. The quantitative estimate of drug-likeness (QED) is 0.0958. The molecule has 0 saturated heterocycles. The second-order valence-corrected chi connectivity index (χ2v) is 26.7. The number of hydrogen-bond acceptors (Lipinski definition) is 5. The molecule has 0 heterocycles. The van der Waals surface area contributed by atoms with E-state index in [9.17, 15) is 29.4 Å². The van der Waals surface area contributed by atoms with Crippen molar-refractivity contribution in [3.63, 3.8) is 0 Å². The van der Waals surface area contributed by atoms with Gasteiger partial charge in [-0.1, -0.05) is 117 Å². The second kappa shape index (κ2) is 20.2. The van der Waals surface area contributed by atoms with Gasteiger partial charge in [0.2, 0.25) is 0 Å². The highest BCUT2D eigenvalue weighted by Gasteiger charge is 2.51. The molecule has 0 radical (unpaired) electrons. The SMILES string of the molecule is CC(C)CCC(CC(C)C)/C(C(=O)O)=C(/C(=O)O)[Si](C(C)C)(C(C)C)C(C)C.CC(C)[Si](OC(=O)/C=C\C(=O)O)(C(C)C)C(C)C. The van der Waals surface area contributed by atoms with E-state index in [2.05, 4.69) is 111 Å². The van der Waals surface area contributed by atoms with E-state index in [0.29, 0.717) is 34.9 Å². The first-order valence-corrected chi connectivity index (χ1v) is 21.6. The van der Waals surface area contributed by atoms with Crippen LogP contribution in [0.3, 0.4) is 0 Å². The molecule has 0 spiro atoms. The van der Waals surface area contributed by atoms with E-state index in [1.54, 1.807) is 0 Å². The zero-order valence-corrected chi connectivity index (χ0v) is 33.9. The lowest BCUT2D eigenvalue weighted by molar-refractivity contribution is -0.136. The molecule has 8 nitrogen and oxygen atoms in total. The van der Waals surface area contributed by atoms with Gasteiger partial charge in [0.25, 0.3) is 8.32 Å². The molecule has 0 aliphatic heterocycles. The third kappa shape index (κ3) is 12.4. The number of hydrogen-bond donors (Lipinski definition) is 3. The lowest BCUT2D eigenvalue weighted by Crippen LogP contribution is -2.51. The largest absolute Gasteiger partial charge is 0.515 e. The summed E-state index contributed by atoms with van der Waals surface area (Å²) in [5.41, 5.74) is 1.52. The predicted molar refractivity (Wildman–Crippen MR) is 194 cm³/mol. The van der Waals surface area contributed by atoms with Crippen molar-refractivity contribution in [3.8, 4) is 0 Å². The van der Waals surface area contributed by atoms with E-state index < -0.39 is 40.3 Å². The van der Waals surface area contributed by atoms with E-state index in [1.165, 1.54) is 0 Å². The van der Waals surface area contributed by atoms with Crippen LogP contribution in [-0.4, -0.2) is 55.6 Å². The molecular weight excluding hydrogens is 617 g/mol. The summed E-state index contributed by atoms with van der Waals surface area (Å²) in [7, 11) is -4.87. The first-order valence-electron chi connectivity index (χ1n) is 17.2. The van der Waals surface area contributed by atoms with Gasteiger partial charge in [0.1, 0.15) is 8.07 Å². The van der Waals surface area contributed by atoms with Crippen molar-refractivity contribution in [3.05, 3.63) is 22.9 Å². The fraction of sp³-hybridized carbons (Fsp3) is 0.778. The molecule has 0 aromatic carbocycles. The molecule has 10 heteroatoms. The molecule has 0 bridgehead atoms. The van der Waals surface area contributed by atoms with Crippen LogP contribution in [0.25, 0.3) is 0 Å². The number of rotatable bonds is 18. The Kier molecular flexibility index (Phi) is 20.2. The number of carboxylic acids is 3. The number of carboxylic acid groups (broad SMARTS) is 3. The maximum atomic E-state index is 12.6. The van der Waals surface area contributed by atoms with Gasteiger partial charge in [-0.05, 0) is 63.8 Å². The van der Waals surface area contributed by atoms with E-state index in [4.69, 9.17) is 9.53 Å². The van der Waals surface area contributed by atoms with E-state index >= 15 is 0 Å². The van der Waals surface area contributed by atoms with E-state index in [-0.39, 0.29) is 33.3 Å². The maximum Gasteiger partial charge on any atom is 0.331 e. The Hall–Kier alpha value is -2.21. The molecule has 1 unspecified atom stereocenters. The van der Waals surface area contributed by atoms with Crippen LogP contribution in [0.15, 0.2) is 22.9 Å². The van der Waals surface area contributed by atoms with Crippen LogP contribution in [0.4, 0.5) is 0 Å². The normalized spacial score (nSPS) is 14.1. The summed E-state index contributed by atoms with van der Waals surface area (Å²) in [6.45, 7) is 33.3. The minimum absolute atomic E-state index is 0.151. The monoisotopic (exact) mass is 684 g/mol. The van der Waals surface area contributed by atoms with Crippen molar-refractivity contribution in [2.45, 2.75) is 163 Å². The summed E-state index contributed by atoms with van der Waals surface area (Å²) in [6, 6.07) is 0. The highest BCUT2D eigenvalue weighted by atomic mass is 28.4. The lowest BCUT2D eigenvalue weighted by atomic mass is 9.84. The highest BCUT2D eigenvalue weighted by molar-refractivity contribution is 6.93. The number of aliphatic carboxylic acids is 3. The summed E-state index contributed by atoms with van der Waals surface area (Å²) >= 11 is 0. The summed E-state index contributed by atoms with van der Waals surface area (Å²) in [4.78, 5) is 47.3. The van der Waals surface area contributed by atoms with Gasteiger partial charge < -0.3 is 19.7 Å². The lowest BCUT2D eigenvalue weighted by Gasteiger charge is -2.45. The van der Waals surface area contributed by atoms with Crippen molar-refractivity contribution >= 4 is 40.3 Å². The first-order chi connectivity index (χ1) is 20.8. The minimum atomic E-state index is -2.62. The Labute approximate surface area is 282 Å². The minimum Gasteiger partial charge on any atom is -0.515 e. The molecule has 0 saturated carbocycles. The van der Waals surface area contributed by atoms with Gasteiger partial charge in [-0.25, -0.2) is 19.2 Å². The molecule has 46 heavy (non-hydrogen) atoms. The van der Waals surface area contributed by atoms with Gasteiger partial charge in [0, 0.05) is 22.9 Å². The van der Waals surface area contributed by atoms with Crippen LogP contribution in [0.5, 0.6) is 0 Å². The van der Waals surface area contributed by atoms with Crippen LogP contribution in [0, 0.1) is 17.8 Å². The number of carbonyl (C=O) groups excluding carboxylic acids is 1. The molecule has 0 amide bonds. The zero-order valence-electron chi connectivity index (χ0n) is 31.9. The molecule has 268 valence electrons. The molecular formula is C36H68O8Si2. The van der Waals surface area contributed by atoms with Gasteiger partial charge in [0.15, 0.2) is 0 Å². The Morgan fingerprint density at radius 3 is 1.24 bits per heavy atom. The van der Waals surface area contributed by atoms with Gasteiger partial charge >= 0.3 is 23.9 Å². The van der Waals surface area contributed by atoms with Crippen LogP contribution >= 0.6 is 0 Å². The van der Waals surface area contributed by atoms with Crippen molar-refractivity contribution < 1.29 is 38.9 Å². The van der Waals surface area contributed by atoms with Crippen LogP contribution < -0.4 is 0 Å². The summed E-state index contributed by atoms with van der Waals surface area (Å²) < 4.78 is 5.72. The standard InChI is InChI=1S/C23H44O4Si.C13H24O4Si/c1-14(2)11-12-19(13-15(3)4)20(22(24)25)21(23(26)27)28(16(5)6,17(7)8)18(9)10;1-9(2)18(10(3)4,11(5)6)17-13(16)8-7-12(14)15/h14-19H,11-13H2,1-10H3,(H,24,25)(H,26,27);7-11H,1-6H3,(H,14,15)/b21-20+;8-7-. The van der Waals surface area contributed by atoms with Gasteiger partial charge in [-0.2, -0.15) is 0 Å². The van der Waals surface area contributed by atoms with Crippen molar-refractivity contribution in [1.82, 2.24) is 0 Å². The first kappa shape index (κ1) is 45.9. The van der Waals surface area contributed by atoms with Crippen molar-refractivity contribution in [1.29, 1.82) is 0 Å². The molecule has 0 aliphatic rings. The fourth-order valence-corrected chi connectivity index (χ4v) is 20.1. The third-order valence-electron chi connectivity index (χ3n) is 9.62. The molecule has 0 aromatic rings. The Morgan fingerprint density at radius 1 is 0.565 bits per heavy atom. The van der Waals surface area contributed by atoms with Crippen LogP contribution in [-0.2, 0) is 23.6 Å². The summed E-state index contributed by atoms with van der Waals surface area (Å²) in [6.07, 6.45) is 4.16. The van der Waals surface area contributed by atoms with Gasteiger partial charge in [0.05, 0.1) is 0 Å². The topological polar surface area (TPSA) is 138 Å². The number of carbonyl (C=O) groups is 4. The second-order valence-electron chi connectivity index (χ2n) is 15.5. The molecule has 0 aliphatic carbocycles. The van der Waals surface area contributed by atoms with Crippen LogP contribution in [0.2, 0.25) is 33.2 Å².